The molecule has 0 bridgehead atoms. The first-order valence-electron chi connectivity index (χ1n) is 21.7. The van der Waals surface area contributed by atoms with Crippen LogP contribution in [-0.2, 0) is 0 Å². The molecule has 0 unspecified atom stereocenters. The van der Waals surface area contributed by atoms with E-state index in [1.54, 1.807) is 60.8 Å². The molecule has 7 aromatic rings. The largest absolute Gasteiger partial charge is 0.496 e. The number of nitrogens with one attached hydrogen (secondary N) is 2. The topological polar surface area (TPSA) is 137 Å². The lowest BCUT2D eigenvalue weighted by atomic mass is 10.0. The molecule has 2 N–H and O–H groups in total. The molecule has 2 fully saturated rings. The summed E-state index contributed by atoms with van der Waals surface area (Å²) in [7, 11) is 3.00. The molecule has 0 atom stereocenters. The maximum Gasteiger partial charge on any atom is 0.390 e. The zero-order chi connectivity index (χ0) is 48.3. The highest BCUT2D eigenvalue weighted by Crippen LogP contribution is 2.39. The van der Waals surface area contributed by atoms with Crippen molar-refractivity contribution in [3.63, 3.8) is 0 Å². The fourth-order valence-corrected chi connectivity index (χ4v) is 7.72. The van der Waals surface area contributed by atoms with Crippen molar-refractivity contribution in [3.8, 4) is 45.3 Å². The number of carbonyl (C=O) groups is 2. The second kappa shape index (κ2) is 19.8. The summed E-state index contributed by atoms with van der Waals surface area (Å²) in [6.07, 6.45) is -2.14. The van der Waals surface area contributed by atoms with E-state index in [1.165, 1.54) is 47.6 Å². The van der Waals surface area contributed by atoms with E-state index in [0.29, 0.717) is 104 Å². The highest BCUT2D eigenvalue weighted by molar-refractivity contribution is 6.29. The van der Waals surface area contributed by atoms with Crippen molar-refractivity contribution in [1.82, 2.24) is 29.2 Å². The Hall–Kier alpha value is -6.76. The average Bonchev–Trinajstić information content (AvgIpc) is 4.22. The lowest BCUT2D eigenvalue weighted by Gasteiger charge is -2.13. The summed E-state index contributed by atoms with van der Waals surface area (Å²) < 4.78 is 103. The molecule has 68 heavy (non-hydrogen) atoms. The van der Waals surface area contributed by atoms with Gasteiger partial charge in [-0.15, -0.1) is 0 Å². The number of anilines is 2. The minimum atomic E-state index is -4.32. The van der Waals surface area contributed by atoms with Gasteiger partial charge in [0.05, 0.1) is 67.9 Å². The highest BCUT2D eigenvalue weighted by atomic mass is 35.5. The number of imidazole rings is 2. The number of ether oxygens (including phenoxy) is 2. The number of Topliss-reactive ketones (excluding diaryl/α,β-unsaturated/α-hetero) is 2. The number of methoxy groups -OCH3 is 2. The van der Waals surface area contributed by atoms with Crippen LogP contribution in [0.4, 0.5) is 42.1 Å². The van der Waals surface area contributed by atoms with E-state index in [1.807, 2.05) is 0 Å². The number of alkyl halides is 6. The van der Waals surface area contributed by atoms with Gasteiger partial charge in [-0.1, -0.05) is 23.7 Å². The Morgan fingerprint density at radius 1 is 0.662 bits per heavy atom. The third-order valence-electron chi connectivity index (χ3n) is 11.4. The normalized spacial score (nSPS) is 13.9. The first-order valence-corrected chi connectivity index (χ1v) is 22.1. The number of halogens is 8. The number of carbonyl (C=O) groups excluding carboxylic acids is 2. The fraction of sp³-hybridized carbons (Fsp3) is 0.333. The van der Waals surface area contributed by atoms with Gasteiger partial charge >= 0.3 is 12.4 Å². The number of aromatic nitrogens is 6. The summed E-state index contributed by atoms with van der Waals surface area (Å²) in [5.74, 6) is 1.56. The molecule has 3 aromatic carbocycles. The van der Waals surface area contributed by atoms with Crippen molar-refractivity contribution in [1.29, 1.82) is 0 Å². The number of hydrogen-bond acceptors (Lipinski definition) is 10. The molecule has 0 spiro atoms. The molecule has 4 aromatic heterocycles. The third kappa shape index (κ3) is 11.7. The van der Waals surface area contributed by atoms with Gasteiger partial charge in [0.15, 0.2) is 28.0 Å². The van der Waals surface area contributed by atoms with Crippen molar-refractivity contribution in [3.05, 3.63) is 107 Å². The van der Waals surface area contributed by atoms with Gasteiger partial charge in [0, 0.05) is 59.8 Å². The fourth-order valence-electron chi connectivity index (χ4n) is 7.53. The minimum Gasteiger partial charge on any atom is -0.496 e. The van der Waals surface area contributed by atoms with Crippen molar-refractivity contribution in [2.75, 3.05) is 37.9 Å². The summed E-state index contributed by atoms with van der Waals surface area (Å²) in [6.45, 7) is -0.668. The second-order valence-corrected chi connectivity index (χ2v) is 17.0. The number of fused-ring (bicyclic) bond motifs is 2. The smallest absolute Gasteiger partial charge is 0.390 e. The molecule has 2 aliphatic rings. The molecule has 0 amide bonds. The van der Waals surface area contributed by atoms with Crippen molar-refractivity contribution >= 4 is 45.8 Å². The van der Waals surface area contributed by atoms with Crippen LogP contribution in [-0.4, -0.2) is 80.4 Å². The molecule has 4 heterocycles. The van der Waals surface area contributed by atoms with Crippen molar-refractivity contribution in [2.24, 2.45) is 11.8 Å². The van der Waals surface area contributed by atoms with E-state index < -0.39 is 31.0 Å². The Kier molecular flexibility index (Phi) is 13.9. The maximum atomic E-state index is 13.5. The van der Waals surface area contributed by atoms with Crippen LogP contribution in [0.2, 0.25) is 5.15 Å². The van der Waals surface area contributed by atoms with Crippen LogP contribution in [0, 0.1) is 17.7 Å². The summed E-state index contributed by atoms with van der Waals surface area (Å²) in [6, 6.07) is 19.0. The summed E-state index contributed by atoms with van der Waals surface area (Å²) >= 11 is 6.11. The van der Waals surface area contributed by atoms with Gasteiger partial charge in [0.2, 0.25) is 0 Å². The number of hydrogen-bond donors (Lipinski definition) is 2. The standard InChI is InChI=1S/C27H24F4N4O2.C21H20ClF3N4O2/c1-37-25-13-18(24(36)12-16-2-3-16)6-9-20(25)23-15-33-26-22(32-11-10-27(29,30)31)14-21(34-35(23)26)17-4-7-19(28)8-5-17;1-31-18-9-13(17(30)8-12-2-3-12)4-5-14(18)16-11-27-20-15(10-19(22)28-29(16)20)26-7-6-21(23,24)25/h4-9,13-16,32H,2-3,10-12H2,1H3;4-5,9-12,26H,2-3,6-8H2,1H3. The monoisotopic (exact) mass is 964 g/mol. The molecule has 2 saturated carbocycles. The predicted octanol–water partition coefficient (Wildman–Crippen LogP) is 12.0. The summed E-state index contributed by atoms with van der Waals surface area (Å²) in [5, 5.41) is 14.5. The van der Waals surface area contributed by atoms with Crippen LogP contribution in [0.5, 0.6) is 11.5 Å². The van der Waals surface area contributed by atoms with E-state index in [-0.39, 0.29) is 29.8 Å². The molecular weight excluding hydrogens is 921 g/mol. The van der Waals surface area contributed by atoms with Crippen LogP contribution in [0.1, 0.15) is 72.1 Å². The van der Waals surface area contributed by atoms with E-state index in [4.69, 9.17) is 21.1 Å². The maximum absolute atomic E-state index is 13.5. The Morgan fingerprint density at radius 2 is 1.12 bits per heavy atom. The van der Waals surface area contributed by atoms with Gasteiger partial charge in [-0.25, -0.2) is 23.4 Å². The Labute approximate surface area is 389 Å². The van der Waals surface area contributed by atoms with Crippen molar-refractivity contribution in [2.45, 2.75) is 63.7 Å². The van der Waals surface area contributed by atoms with E-state index >= 15 is 0 Å². The quantitative estimate of drug-likeness (QED) is 0.0670. The SMILES string of the molecule is COc1cc(C(=O)CC2CC2)ccc1-c1cnc2c(NCCC(F)(F)F)cc(-c3ccc(F)cc3)nn12.COc1cc(C(=O)CC2CC2)ccc1-c1cnc2c(NCCC(F)(F)F)cc(Cl)nn12. The van der Waals surface area contributed by atoms with Gasteiger partial charge in [-0.2, -0.15) is 36.5 Å². The van der Waals surface area contributed by atoms with Crippen LogP contribution in [0.3, 0.4) is 0 Å². The van der Waals surface area contributed by atoms with Gasteiger partial charge in [0.1, 0.15) is 17.3 Å². The zero-order valence-electron chi connectivity index (χ0n) is 36.6. The van der Waals surface area contributed by atoms with Gasteiger partial charge in [-0.3, -0.25) is 9.59 Å². The first kappa shape index (κ1) is 47.7. The van der Waals surface area contributed by atoms with E-state index in [0.717, 1.165) is 25.7 Å². The molecule has 356 valence electrons. The van der Waals surface area contributed by atoms with Gasteiger partial charge in [0.25, 0.3) is 0 Å². The van der Waals surface area contributed by atoms with Gasteiger partial charge < -0.3 is 20.1 Å². The molecular formula is C48H44ClF7N8O4. The predicted molar refractivity (Wildman–Crippen MR) is 242 cm³/mol. The Bertz CT molecular complexity index is 2970. The Morgan fingerprint density at radius 3 is 1.56 bits per heavy atom. The molecule has 0 radical (unpaired) electrons. The number of ketones is 2. The zero-order valence-corrected chi connectivity index (χ0v) is 37.4. The minimum absolute atomic E-state index is 0.0540. The van der Waals surface area contributed by atoms with Gasteiger partial charge in [-0.05, 0) is 92.1 Å². The molecule has 9 rings (SSSR count). The Balaban J connectivity index is 0.000000187. The summed E-state index contributed by atoms with van der Waals surface area (Å²) in [5.41, 5.74) is 5.76. The lowest BCUT2D eigenvalue weighted by Crippen LogP contribution is -2.15. The number of nitrogens with zero attached hydrogens (tertiary/aromatic N) is 6. The highest BCUT2D eigenvalue weighted by Gasteiger charge is 2.29. The number of benzene rings is 3. The van der Waals surface area contributed by atoms with Crippen molar-refractivity contribution < 1.29 is 49.8 Å². The average molecular weight is 965 g/mol. The molecule has 0 aliphatic heterocycles. The van der Waals surface area contributed by atoms with Crippen LogP contribution in [0.25, 0.3) is 45.1 Å². The lowest BCUT2D eigenvalue weighted by molar-refractivity contribution is -0.132. The summed E-state index contributed by atoms with van der Waals surface area (Å²) in [4.78, 5) is 33.8. The second-order valence-electron chi connectivity index (χ2n) is 16.6. The van der Waals surface area contributed by atoms with Crippen LogP contribution >= 0.6 is 11.6 Å². The molecule has 0 saturated heterocycles. The van der Waals surface area contributed by atoms with Crippen LogP contribution in [0.15, 0.2) is 85.2 Å². The molecule has 20 heteroatoms. The molecule has 2 aliphatic carbocycles. The molecule has 12 nitrogen and oxygen atoms in total. The van der Waals surface area contributed by atoms with E-state index in [9.17, 15) is 40.3 Å². The first-order chi connectivity index (χ1) is 32.5. The van der Waals surface area contributed by atoms with Crippen LogP contribution < -0.4 is 20.1 Å². The number of rotatable bonds is 17. The third-order valence-corrected chi connectivity index (χ3v) is 11.6. The van der Waals surface area contributed by atoms with E-state index in [2.05, 4.69) is 30.8 Å².